The van der Waals surface area contributed by atoms with Gasteiger partial charge in [0.05, 0.1) is 19.2 Å². The molecule has 10 heteroatoms. The zero-order valence-electron chi connectivity index (χ0n) is 19.2. The van der Waals surface area contributed by atoms with Crippen molar-refractivity contribution >= 4 is 27.5 Å². The van der Waals surface area contributed by atoms with Gasteiger partial charge in [-0.15, -0.1) is 0 Å². The number of nitrogens with one attached hydrogen (secondary N) is 1. The molecule has 1 N–H and O–H groups in total. The van der Waals surface area contributed by atoms with Gasteiger partial charge in [0.25, 0.3) is 0 Å². The zero-order valence-corrected chi connectivity index (χ0v) is 20.0. The third-order valence-corrected chi connectivity index (χ3v) is 7.82. The Balaban J connectivity index is 1.76. The van der Waals surface area contributed by atoms with E-state index in [1.54, 1.807) is 38.1 Å². The molecule has 1 aromatic rings. The summed E-state index contributed by atoms with van der Waals surface area (Å²) in [6.45, 7) is 3.86. The van der Waals surface area contributed by atoms with Gasteiger partial charge in [-0.1, -0.05) is 6.42 Å². The summed E-state index contributed by atoms with van der Waals surface area (Å²) in [5, 5.41) is 2.80. The number of carbonyl (C=O) groups is 2. The van der Waals surface area contributed by atoms with Gasteiger partial charge in [0.15, 0.2) is 0 Å². The summed E-state index contributed by atoms with van der Waals surface area (Å²) >= 11 is 0. The molecule has 0 aliphatic carbocycles. The van der Waals surface area contributed by atoms with E-state index in [0.29, 0.717) is 31.9 Å². The van der Waals surface area contributed by atoms with E-state index in [9.17, 15) is 18.0 Å². The summed E-state index contributed by atoms with van der Waals surface area (Å²) in [5.74, 6) is -0.00697. The van der Waals surface area contributed by atoms with Gasteiger partial charge in [0.2, 0.25) is 21.8 Å². The highest BCUT2D eigenvalue weighted by molar-refractivity contribution is 7.89. The summed E-state index contributed by atoms with van der Waals surface area (Å²) in [6, 6.07) is 4.40. The minimum Gasteiger partial charge on any atom is -0.492 e. The number of sulfonamides is 1. The number of ether oxygens (including phenoxy) is 1. The number of hydrogen-bond donors (Lipinski definition) is 1. The molecule has 0 spiro atoms. The predicted octanol–water partition coefficient (Wildman–Crippen LogP) is 1.75. The van der Waals surface area contributed by atoms with Crippen molar-refractivity contribution in [3.05, 3.63) is 18.2 Å². The summed E-state index contributed by atoms with van der Waals surface area (Å²) in [6.07, 6.45) is 4.28. The number of likely N-dealkylation sites (N-methyl/N-ethyl adjacent to an activating group) is 1. The molecule has 0 bridgehead atoms. The van der Waals surface area contributed by atoms with Crippen molar-refractivity contribution in [3.63, 3.8) is 0 Å². The van der Waals surface area contributed by atoms with Crippen LogP contribution in [0.4, 0.5) is 5.69 Å². The fourth-order valence-corrected chi connectivity index (χ4v) is 5.96. The first-order chi connectivity index (χ1) is 15.2. The topological polar surface area (TPSA) is 99.3 Å². The van der Waals surface area contributed by atoms with Crippen LogP contribution in [-0.4, -0.2) is 87.3 Å². The first-order valence-corrected chi connectivity index (χ1v) is 12.7. The third-order valence-electron chi connectivity index (χ3n) is 5.90. The van der Waals surface area contributed by atoms with E-state index in [1.165, 1.54) is 10.4 Å². The van der Waals surface area contributed by atoms with Gasteiger partial charge in [-0.05, 0) is 57.4 Å². The van der Waals surface area contributed by atoms with Crippen molar-refractivity contribution in [2.45, 2.75) is 50.0 Å². The van der Waals surface area contributed by atoms with Gasteiger partial charge in [-0.2, -0.15) is 4.31 Å². The van der Waals surface area contributed by atoms with Gasteiger partial charge < -0.3 is 15.0 Å². The summed E-state index contributed by atoms with van der Waals surface area (Å²) < 4.78 is 33.6. The van der Waals surface area contributed by atoms with E-state index in [-0.39, 0.29) is 35.0 Å². The van der Waals surface area contributed by atoms with Crippen molar-refractivity contribution in [1.29, 1.82) is 0 Å². The van der Waals surface area contributed by atoms with E-state index < -0.39 is 10.0 Å². The molecule has 0 saturated carbocycles. The molecule has 1 aromatic carbocycles. The molecule has 0 aromatic heterocycles. The molecule has 2 amide bonds. The zero-order chi connectivity index (χ0) is 23.3. The number of likely N-dealkylation sites (tertiary alicyclic amines) is 1. The molecule has 2 aliphatic rings. The van der Waals surface area contributed by atoms with Gasteiger partial charge in [0, 0.05) is 32.9 Å². The van der Waals surface area contributed by atoms with E-state index in [2.05, 4.69) is 5.32 Å². The Kier molecular flexibility index (Phi) is 8.13. The van der Waals surface area contributed by atoms with E-state index in [0.717, 1.165) is 32.1 Å². The smallest absolute Gasteiger partial charge is 0.246 e. The highest BCUT2D eigenvalue weighted by atomic mass is 32.2. The summed E-state index contributed by atoms with van der Waals surface area (Å²) in [4.78, 5) is 28.6. The van der Waals surface area contributed by atoms with Crippen LogP contribution in [0, 0.1) is 0 Å². The Morgan fingerprint density at radius 3 is 2.50 bits per heavy atom. The van der Waals surface area contributed by atoms with Crippen molar-refractivity contribution in [2.75, 3.05) is 52.2 Å². The molecule has 2 aliphatic heterocycles. The van der Waals surface area contributed by atoms with Gasteiger partial charge >= 0.3 is 0 Å². The van der Waals surface area contributed by atoms with Crippen LogP contribution < -0.4 is 10.1 Å². The number of hydrogen-bond acceptors (Lipinski definition) is 6. The van der Waals surface area contributed by atoms with Gasteiger partial charge in [0.1, 0.15) is 10.6 Å². The number of carbonyl (C=O) groups excluding carboxylic acids is 2. The van der Waals surface area contributed by atoms with Gasteiger partial charge in [-0.3, -0.25) is 14.5 Å². The average Bonchev–Trinajstić information content (AvgIpc) is 3.22. The van der Waals surface area contributed by atoms with E-state index in [4.69, 9.17) is 4.74 Å². The Hall–Kier alpha value is -2.17. The standard InChI is InChI=1S/C22H34N4O5S/c1-4-31-19-11-10-17(15-20(19)32(29,30)26-13-6-5-7-14-26)23-21(27)16-25-12-8-9-18(25)22(28)24(2)3/h10-11,15,18H,4-9,12-14,16H2,1-3H3,(H,23,27). The molecule has 9 nitrogen and oxygen atoms in total. The monoisotopic (exact) mass is 466 g/mol. The number of rotatable bonds is 8. The minimum absolute atomic E-state index is 0.00808. The lowest BCUT2D eigenvalue weighted by Gasteiger charge is -2.27. The molecule has 2 fully saturated rings. The molecule has 2 heterocycles. The molecular weight excluding hydrogens is 432 g/mol. The quantitative estimate of drug-likeness (QED) is 0.627. The van der Waals surface area contributed by atoms with Crippen LogP contribution in [0.3, 0.4) is 0 Å². The number of amides is 2. The Bertz CT molecular complexity index is 928. The molecule has 3 rings (SSSR count). The summed E-state index contributed by atoms with van der Waals surface area (Å²) in [5.41, 5.74) is 0.392. The molecule has 1 unspecified atom stereocenters. The lowest BCUT2D eigenvalue weighted by atomic mass is 10.2. The van der Waals surface area contributed by atoms with Crippen LogP contribution in [-0.2, 0) is 19.6 Å². The Morgan fingerprint density at radius 1 is 1.12 bits per heavy atom. The first-order valence-electron chi connectivity index (χ1n) is 11.3. The van der Waals surface area contributed by atoms with Crippen LogP contribution in [0.1, 0.15) is 39.0 Å². The van der Waals surface area contributed by atoms with Crippen LogP contribution in [0.5, 0.6) is 5.75 Å². The highest BCUT2D eigenvalue weighted by Gasteiger charge is 2.33. The fraction of sp³-hybridized carbons (Fsp3) is 0.636. The Labute approximate surface area is 190 Å². The molecule has 1 atom stereocenters. The molecular formula is C22H34N4O5S. The minimum atomic E-state index is -3.73. The van der Waals surface area contributed by atoms with E-state index in [1.807, 2.05) is 4.90 Å². The number of nitrogens with zero attached hydrogens (tertiary/aromatic N) is 3. The van der Waals surface area contributed by atoms with Crippen LogP contribution in [0.2, 0.25) is 0 Å². The lowest BCUT2D eigenvalue weighted by molar-refractivity contribution is -0.133. The van der Waals surface area contributed by atoms with Crippen LogP contribution in [0.25, 0.3) is 0 Å². The van der Waals surface area contributed by atoms with E-state index >= 15 is 0 Å². The fourth-order valence-electron chi connectivity index (χ4n) is 4.28. The Morgan fingerprint density at radius 2 is 1.84 bits per heavy atom. The molecule has 2 saturated heterocycles. The number of benzene rings is 1. The van der Waals surface area contributed by atoms with Crippen LogP contribution >= 0.6 is 0 Å². The van der Waals surface area contributed by atoms with Crippen molar-refractivity contribution in [2.24, 2.45) is 0 Å². The van der Waals surface area contributed by atoms with Crippen molar-refractivity contribution in [1.82, 2.24) is 14.1 Å². The largest absolute Gasteiger partial charge is 0.492 e. The second kappa shape index (κ2) is 10.6. The maximum atomic E-state index is 13.3. The highest BCUT2D eigenvalue weighted by Crippen LogP contribution is 2.31. The normalized spacial score (nSPS) is 20.2. The average molecular weight is 467 g/mol. The van der Waals surface area contributed by atoms with Crippen molar-refractivity contribution in [3.8, 4) is 5.75 Å². The SMILES string of the molecule is CCOc1ccc(NC(=O)CN2CCCC2C(=O)N(C)C)cc1S(=O)(=O)N1CCCCC1. The van der Waals surface area contributed by atoms with Gasteiger partial charge in [-0.25, -0.2) is 8.42 Å². The van der Waals surface area contributed by atoms with Crippen LogP contribution in [0.15, 0.2) is 23.1 Å². The first kappa shape index (κ1) is 24.5. The number of piperidine rings is 1. The summed E-state index contributed by atoms with van der Waals surface area (Å²) in [7, 11) is -0.306. The second-order valence-electron chi connectivity index (χ2n) is 8.47. The third kappa shape index (κ3) is 5.60. The molecule has 0 radical (unpaired) electrons. The maximum absolute atomic E-state index is 13.3. The second-order valence-corrected chi connectivity index (χ2v) is 10.4. The molecule has 32 heavy (non-hydrogen) atoms. The lowest BCUT2D eigenvalue weighted by Crippen LogP contribution is -2.45. The maximum Gasteiger partial charge on any atom is 0.246 e. The predicted molar refractivity (Wildman–Crippen MR) is 122 cm³/mol. The number of anilines is 1. The molecule has 178 valence electrons. The van der Waals surface area contributed by atoms with Crippen molar-refractivity contribution < 1.29 is 22.7 Å².